The van der Waals surface area contributed by atoms with E-state index in [4.69, 9.17) is 0 Å². The maximum atomic E-state index is 10.0. The van der Waals surface area contributed by atoms with E-state index < -0.39 is 6.10 Å². The summed E-state index contributed by atoms with van der Waals surface area (Å²) in [5.41, 5.74) is 2.04. The van der Waals surface area contributed by atoms with Crippen molar-refractivity contribution < 1.29 is 5.11 Å². The number of rotatable bonds is 5. The van der Waals surface area contributed by atoms with Gasteiger partial charge in [0.2, 0.25) is 0 Å². The molecule has 0 radical (unpaired) electrons. The van der Waals surface area contributed by atoms with Crippen LogP contribution >= 0.6 is 15.9 Å². The van der Waals surface area contributed by atoms with Gasteiger partial charge in [-0.1, -0.05) is 40.2 Å². The third-order valence-corrected chi connectivity index (χ3v) is 2.81. The lowest BCUT2D eigenvalue weighted by Gasteiger charge is -2.20. The molecule has 0 spiro atoms. The quantitative estimate of drug-likeness (QED) is 0.840. The molecular formula is C13H18BrNO. The molecule has 0 amide bonds. The smallest absolute Gasteiger partial charge is 0.0916 e. The molecule has 0 aliphatic rings. The Morgan fingerprint density at radius 1 is 1.44 bits per heavy atom. The summed E-state index contributed by atoms with van der Waals surface area (Å²) < 4.78 is 1.03. The third kappa shape index (κ3) is 4.47. The lowest BCUT2D eigenvalue weighted by molar-refractivity contribution is 0.131. The van der Waals surface area contributed by atoms with Gasteiger partial charge in [-0.25, -0.2) is 0 Å². The minimum absolute atomic E-state index is 0.447. The second kappa shape index (κ2) is 6.18. The van der Waals surface area contributed by atoms with Crippen molar-refractivity contribution in [3.63, 3.8) is 0 Å². The van der Waals surface area contributed by atoms with Crippen LogP contribution in [0.15, 0.2) is 40.9 Å². The van der Waals surface area contributed by atoms with Crippen LogP contribution in [0.5, 0.6) is 0 Å². The molecule has 88 valence electrons. The van der Waals surface area contributed by atoms with Crippen molar-refractivity contribution in [1.82, 2.24) is 4.90 Å². The SMILES string of the molecule is C=C(C)CN(C)CC(O)c1ccc(Br)cc1. The number of aliphatic hydroxyl groups is 1. The van der Waals surface area contributed by atoms with Crippen molar-refractivity contribution in [2.45, 2.75) is 13.0 Å². The van der Waals surface area contributed by atoms with Crippen molar-refractivity contribution in [1.29, 1.82) is 0 Å². The number of likely N-dealkylation sites (N-methyl/N-ethyl adjacent to an activating group) is 1. The normalized spacial score (nSPS) is 12.8. The minimum Gasteiger partial charge on any atom is -0.387 e. The molecule has 1 unspecified atom stereocenters. The number of hydrogen-bond acceptors (Lipinski definition) is 2. The summed E-state index contributed by atoms with van der Waals surface area (Å²) in [5.74, 6) is 0. The van der Waals surface area contributed by atoms with Gasteiger partial charge in [0, 0.05) is 17.6 Å². The molecule has 0 aromatic heterocycles. The average molecular weight is 284 g/mol. The maximum absolute atomic E-state index is 10.0. The molecule has 0 aliphatic heterocycles. The molecule has 1 atom stereocenters. The Bertz CT molecular complexity index is 347. The lowest BCUT2D eigenvalue weighted by atomic mass is 10.1. The Hall–Kier alpha value is -0.640. The van der Waals surface area contributed by atoms with Gasteiger partial charge < -0.3 is 5.11 Å². The molecule has 1 aromatic rings. The van der Waals surface area contributed by atoms with Gasteiger partial charge in [0.15, 0.2) is 0 Å². The Labute approximate surface area is 106 Å². The largest absolute Gasteiger partial charge is 0.387 e. The zero-order chi connectivity index (χ0) is 12.1. The Morgan fingerprint density at radius 3 is 2.50 bits per heavy atom. The van der Waals surface area contributed by atoms with Crippen LogP contribution in [0.4, 0.5) is 0 Å². The zero-order valence-corrected chi connectivity index (χ0v) is 11.4. The fourth-order valence-corrected chi connectivity index (χ4v) is 1.88. The van der Waals surface area contributed by atoms with Crippen LogP contribution < -0.4 is 0 Å². The summed E-state index contributed by atoms with van der Waals surface area (Å²) in [5, 5.41) is 10.0. The van der Waals surface area contributed by atoms with Gasteiger partial charge in [0.1, 0.15) is 0 Å². The number of aliphatic hydroxyl groups excluding tert-OH is 1. The first-order valence-electron chi connectivity index (χ1n) is 5.25. The van der Waals surface area contributed by atoms with Gasteiger partial charge >= 0.3 is 0 Å². The van der Waals surface area contributed by atoms with Crippen LogP contribution in [0.2, 0.25) is 0 Å². The Balaban J connectivity index is 2.54. The topological polar surface area (TPSA) is 23.5 Å². The Kier molecular flexibility index (Phi) is 5.19. The third-order valence-electron chi connectivity index (χ3n) is 2.28. The van der Waals surface area contributed by atoms with E-state index in [1.54, 1.807) is 0 Å². The molecule has 0 heterocycles. The highest BCUT2D eigenvalue weighted by atomic mass is 79.9. The standard InChI is InChI=1S/C13H18BrNO/c1-10(2)8-15(3)9-13(16)11-4-6-12(14)7-5-11/h4-7,13,16H,1,8-9H2,2-3H3. The summed E-state index contributed by atoms with van der Waals surface area (Å²) in [6, 6.07) is 7.75. The number of benzene rings is 1. The number of hydrogen-bond donors (Lipinski definition) is 1. The van der Waals surface area contributed by atoms with Gasteiger partial charge in [-0.3, -0.25) is 4.90 Å². The summed E-state index contributed by atoms with van der Waals surface area (Å²) in [4.78, 5) is 2.06. The van der Waals surface area contributed by atoms with E-state index >= 15 is 0 Å². The van der Waals surface area contributed by atoms with Crippen LogP contribution in [-0.2, 0) is 0 Å². The molecule has 1 rings (SSSR count). The number of nitrogens with zero attached hydrogens (tertiary/aromatic N) is 1. The summed E-state index contributed by atoms with van der Waals surface area (Å²) in [7, 11) is 1.98. The van der Waals surface area contributed by atoms with Gasteiger partial charge in [-0.2, -0.15) is 0 Å². The first kappa shape index (κ1) is 13.4. The highest BCUT2D eigenvalue weighted by Gasteiger charge is 2.10. The van der Waals surface area contributed by atoms with E-state index in [-0.39, 0.29) is 0 Å². The number of halogens is 1. The first-order valence-corrected chi connectivity index (χ1v) is 6.05. The van der Waals surface area contributed by atoms with Crippen molar-refractivity contribution in [3.05, 3.63) is 46.5 Å². The molecule has 1 aromatic carbocycles. The van der Waals surface area contributed by atoms with E-state index in [1.165, 1.54) is 0 Å². The fourth-order valence-electron chi connectivity index (χ4n) is 1.61. The second-order valence-electron chi connectivity index (χ2n) is 4.22. The van der Waals surface area contributed by atoms with Gasteiger partial charge in [-0.05, 0) is 31.7 Å². The van der Waals surface area contributed by atoms with E-state index in [1.807, 2.05) is 38.2 Å². The average Bonchev–Trinajstić information content (AvgIpc) is 2.16. The van der Waals surface area contributed by atoms with E-state index in [9.17, 15) is 5.11 Å². The molecule has 0 bridgehead atoms. The highest BCUT2D eigenvalue weighted by Crippen LogP contribution is 2.17. The molecule has 0 saturated heterocycles. The van der Waals surface area contributed by atoms with Crippen molar-refractivity contribution in [3.8, 4) is 0 Å². The minimum atomic E-state index is -0.447. The molecule has 0 saturated carbocycles. The van der Waals surface area contributed by atoms with Crippen LogP contribution in [0.1, 0.15) is 18.6 Å². The van der Waals surface area contributed by atoms with Crippen LogP contribution in [0, 0.1) is 0 Å². The van der Waals surface area contributed by atoms with Gasteiger partial charge in [0.25, 0.3) is 0 Å². The van der Waals surface area contributed by atoms with E-state index in [0.717, 1.165) is 22.2 Å². The Morgan fingerprint density at radius 2 is 2.00 bits per heavy atom. The monoisotopic (exact) mass is 283 g/mol. The van der Waals surface area contributed by atoms with Crippen molar-refractivity contribution in [2.75, 3.05) is 20.1 Å². The molecule has 2 nitrogen and oxygen atoms in total. The second-order valence-corrected chi connectivity index (χ2v) is 5.14. The molecule has 1 N–H and O–H groups in total. The highest BCUT2D eigenvalue weighted by molar-refractivity contribution is 9.10. The van der Waals surface area contributed by atoms with E-state index in [2.05, 4.69) is 27.4 Å². The molecular weight excluding hydrogens is 266 g/mol. The molecule has 0 aliphatic carbocycles. The van der Waals surface area contributed by atoms with Gasteiger partial charge in [-0.15, -0.1) is 0 Å². The lowest BCUT2D eigenvalue weighted by Crippen LogP contribution is -2.26. The van der Waals surface area contributed by atoms with Crippen molar-refractivity contribution in [2.24, 2.45) is 0 Å². The molecule has 0 fully saturated rings. The van der Waals surface area contributed by atoms with Gasteiger partial charge in [0.05, 0.1) is 6.10 Å². The molecule has 3 heteroatoms. The van der Waals surface area contributed by atoms with Crippen LogP contribution in [0.3, 0.4) is 0 Å². The van der Waals surface area contributed by atoms with Crippen LogP contribution in [-0.4, -0.2) is 30.1 Å². The first-order chi connectivity index (χ1) is 7.49. The summed E-state index contributed by atoms with van der Waals surface area (Å²) >= 11 is 3.37. The fraction of sp³-hybridized carbons (Fsp3) is 0.385. The summed E-state index contributed by atoms with van der Waals surface area (Å²) in [6.07, 6.45) is -0.447. The predicted octanol–water partition coefficient (Wildman–Crippen LogP) is 2.99. The maximum Gasteiger partial charge on any atom is 0.0916 e. The molecule has 16 heavy (non-hydrogen) atoms. The van der Waals surface area contributed by atoms with Crippen LogP contribution in [0.25, 0.3) is 0 Å². The van der Waals surface area contributed by atoms with E-state index in [0.29, 0.717) is 6.54 Å². The van der Waals surface area contributed by atoms with Crippen molar-refractivity contribution >= 4 is 15.9 Å². The predicted molar refractivity (Wildman–Crippen MR) is 71.4 cm³/mol. The summed E-state index contributed by atoms with van der Waals surface area (Å²) in [6.45, 7) is 7.28. The zero-order valence-electron chi connectivity index (χ0n) is 9.78.